The van der Waals surface area contributed by atoms with Crippen LogP contribution in [0.2, 0.25) is 0 Å². The van der Waals surface area contributed by atoms with Crippen molar-refractivity contribution < 1.29 is 31.1 Å². The van der Waals surface area contributed by atoms with E-state index in [1.165, 1.54) is 31.0 Å². The molecule has 0 atom stereocenters. The average molecular weight is 1020 g/mol. The van der Waals surface area contributed by atoms with Gasteiger partial charge in [-0.3, -0.25) is 0 Å². The molecule has 6 aromatic carbocycles. The van der Waals surface area contributed by atoms with E-state index in [9.17, 15) is 10.2 Å². The summed E-state index contributed by atoms with van der Waals surface area (Å²) in [5.74, 6) is 0.872. The minimum atomic E-state index is -0.826. The second kappa shape index (κ2) is 26.3. The number of phenolic OH excluding ortho intramolecular Hbond substituents is 2. The van der Waals surface area contributed by atoms with E-state index in [1.807, 2.05) is 47.8 Å². The summed E-state index contributed by atoms with van der Waals surface area (Å²) >= 11 is 6.36. The number of hydrogen-bond donors (Lipinski definition) is 2. The molecule has 0 aromatic heterocycles. The Bertz CT molecular complexity index is 1900. The third-order valence-electron chi connectivity index (χ3n) is 8.06. The fourth-order valence-corrected chi connectivity index (χ4v) is 15.0. The van der Waals surface area contributed by atoms with E-state index >= 15 is 0 Å². The molecule has 0 radical (unpaired) electrons. The molecule has 0 heterocycles. The number of halogens is 2. The first-order valence-electron chi connectivity index (χ1n) is 19.5. The van der Waals surface area contributed by atoms with E-state index in [-0.39, 0.29) is 0 Å². The van der Waals surface area contributed by atoms with Gasteiger partial charge in [-0.15, -0.1) is 47.0 Å². The molecule has 6 aromatic rings. The Hall–Kier alpha value is -1.36. The molecule has 2 nitrogen and oxygen atoms in total. The number of benzene rings is 6. The van der Waals surface area contributed by atoms with Crippen molar-refractivity contribution in [3.05, 3.63) is 146 Å². The van der Waals surface area contributed by atoms with Gasteiger partial charge in [0.05, 0.1) is 9.79 Å². The van der Waals surface area contributed by atoms with E-state index in [4.69, 9.17) is 17.0 Å². The van der Waals surface area contributed by atoms with E-state index < -0.39 is 36.7 Å². The molecule has 310 valence electrons. The van der Waals surface area contributed by atoms with Crippen LogP contribution in [-0.2, 0) is 20.8 Å². The van der Waals surface area contributed by atoms with Crippen LogP contribution >= 0.6 is 79.9 Å². The van der Waals surface area contributed by atoms with Gasteiger partial charge in [0.15, 0.2) is 0 Å². The van der Waals surface area contributed by atoms with Crippen LogP contribution in [0.5, 0.6) is 11.5 Å². The maximum atomic E-state index is 11.3. The van der Waals surface area contributed by atoms with Crippen LogP contribution < -0.4 is 31.8 Å². The Morgan fingerprint density at radius 3 is 0.864 bits per heavy atom. The van der Waals surface area contributed by atoms with Crippen molar-refractivity contribution in [2.75, 3.05) is 0 Å². The SMILES string of the molecule is CC(C)Sc1cc(SC(C)C)c(O)c(P(c2ccccc2)c2ccccc2)c1.CC(C)Sc1cc(SC(C)C)c(O)c(P(c2ccccc2)c2ccccc2)c1.[Cl][Zr][Cl]. The molecule has 0 aliphatic carbocycles. The first kappa shape index (κ1) is 50.3. The van der Waals surface area contributed by atoms with Crippen LogP contribution in [0.1, 0.15) is 55.4 Å². The topological polar surface area (TPSA) is 40.5 Å². The van der Waals surface area contributed by atoms with E-state index in [2.05, 4.69) is 177 Å². The van der Waals surface area contributed by atoms with Gasteiger partial charge in [-0.2, -0.15) is 0 Å². The van der Waals surface area contributed by atoms with Gasteiger partial charge in [0.25, 0.3) is 0 Å². The number of hydrogen-bond acceptors (Lipinski definition) is 6. The second-order valence-electron chi connectivity index (χ2n) is 14.3. The summed E-state index contributed by atoms with van der Waals surface area (Å²) in [5.41, 5.74) is 0. The summed E-state index contributed by atoms with van der Waals surface area (Å²) < 4.78 is 0. The first-order valence-corrected chi connectivity index (χ1v) is 32.0. The predicted molar refractivity (Wildman–Crippen MR) is 269 cm³/mol. The van der Waals surface area contributed by atoms with Crippen LogP contribution in [0.3, 0.4) is 0 Å². The summed E-state index contributed by atoms with van der Waals surface area (Å²) in [6, 6.07) is 51.0. The zero-order chi connectivity index (χ0) is 42.9. The zero-order valence-corrected chi connectivity index (χ0v) is 43.9. The molecule has 0 bridgehead atoms. The van der Waals surface area contributed by atoms with Crippen LogP contribution in [0, 0.1) is 0 Å². The van der Waals surface area contributed by atoms with Gasteiger partial charge in [0.2, 0.25) is 0 Å². The normalized spacial score (nSPS) is 11.2. The molecule has 2 N–H and O–H groups in total. The van der Waals surface area contributed by atoms with Gasteiger partial charge < -0.3 is 10.2 Å². The van der Waals surface area contributed by atoms with Gasteiger partial charge in [-0.25, -0.2) is 0 Å². The van der Waals surface area contributed by atoms with E-state index in [1.54, 1.807) is 23.5 Å². The molecular weight excluding hydrogens is 961 g/mol. The van der Waals surface area contributed by atoms with Crippen LogP contribution in [-0.4, -0.2) is 31.2 Å². The van der Waals surface area contributed by atoms with Crippen molar-refractivity contribution in [3.8, 4) is 11.5 Å². The molecule has 0 unspecified atom stereocenters. The van der Waals surface area contributed by atoms with Crippen LogP contribution in [0.25, 0.3) is 0 Å². The molecule has 0 spiro atoms. The fourth-order valence-electron chi connectivity index (χ4n) is 6.01. The molecule has 0 fully saturated rings. The van der Waals surface area contributed by atoms with Gasteiger partial charge >= 0.3 is 37.9 Å². The molecule has 0 aliphatic heterocycles. The number of rotatable bonds is 14. The molecule has 6 rings (SSSR count). The van der Waals surface area contributed by atoms with Crippen molar-refractivity contribution in [2.24, 2.45) is 0 Å². The molecule has 0 amide bonds. The number of aromatic hydroxyl groups is 2. The quantitative estimate of drug-likeness (QED) is 0.0837. The summed E-state index contributed by atoms with van der Waals surface area (Å²) in [6.07, 6.45) is 0. The van der Waals surface area contributed by atoms with Gasteiger partial charge in [0.1, 0.15) is 11.5 Å². The Balaban J connectivity index is 0.000000244. The Morgan fingerprint density at radius 2 is 0.644 bits per heavy atom. The summed E-state index contributed by atoms with van der Waals surface area (Å²) in [4.78, 5) is 4.42. The Labute approximate surface area is 392 Å². The van der Waals surface area contributed by atoms with Crippen molar-refractivity contribution in [1.82, 2.24) is 0 Å². The minimum absolute atomic E-state index is 0.415. The Morgan fingerprint density at radius 1 is 0.407 bits per heavy atom. The van der Waals surface area contributed by atoms with Crippen LogP contribution in [0.4, 0.5) is 0 Å². The van der Waals surface area contributed by atoms with Gasteiger partial charge in [0, 0.05) is 41.4 Å². The Kier molecular flexibility index (Phi) is 22.4. The molecule has 0 saturated carbocycles. The third kappa shape index (κ3) is 16.1. The van der Waals surface area contributed by atoms with Crippen molar-refractivity contribution in [2.45, 2.75) is 96.0 Å². The monoisotopic (exact) mass is 1010 g/mol. The van der Waals surface area contributed by atoms with E-state index in [0.717, 1.165) is 20.4 Å². The molecule has 0 aliphatic rings. The predicted octanol–water partition coefficient (Wildman–Crippen LogP) is 13.7. The number of phenols is 2. The molecular formula is C48H54Cl2O2P2S4Zr. The molecule has 59 heavy (non-hydrogen) atoms. The second-order valence-corrected chi connectivity index (χ2v) is 29.0. The summed E-state index contributed by atoms with van der Waals surface area (Å²) in [6.45, 7) is 17.5. The summed E-state index contributed by atoms with van der Waals surface area (Å²) in [7, 11) is 8.22. The van der Waals surface area contributed by atoms with Gasteiger partial charge in [-0.1, -0.05) is 177 Å². The van der Waals surface area contributed by atoms with Gasteiger partial charge in [-0.05, 0) is 61.3 Å². The standard InChI is InChI=1S/2C24H27OPS2.2ClH.Zr/c2*1-17(2)27-21-15-22(24(25)23(16-21)28-18(3)4)26(19-11-7-5-8-12-19)20-13-9-6-10-14-20;;;/h2*5-18,25H,1-4H3;2*1H;/q;;;;+2/p-2. The third-order valence-corrected chi connectivity index (χ3v) is 17.0. The first-order chi connectivity index (χ1) is 28.3. The summed E-state index contributed by atoms with van der Waals surface area (Å²) in [5, 5.41) is 31.5. The number of thioether (sulfide) groups is 4. The van der Waals surface area contributed by atoms with Crippen molar-refractivity contribution in [3.63, 3.8) is 0 Å². The van der Waals surface area contributed by atoms with Crippen LogP contribution in [0.15, 0.2) is 165 Å². The molecule has 0 saturated heterocycles. The fraction of sp³-hybridized carbons (Fsp3) is 0.250. The van der Waals surface area contributed by atoms with Crippen molar-refractivity contribution in [1.29, 1.82) is 0 Å². The van der Waals surface area contributed by atoms with E-state index in [0.29, 0.717) is 32.5 Å². The zero-order valence-electron chi connectivity index (χ0n) is 34.8. The maximum absolute atomic E-state index is 11.3. The molecule has 11 heteroatoms. The average Bonchev–Trinajstić information content (AvgIpc) is 3.20. The van der Waals surface area contributed by atoms with Crippen molar-refractivity contribution >= 4 is 112 Å².